The largest absolute Gasteiger partial charge is 0.361 e. The summed E-state index contributed by atoms with van der Waals surface area (Å²) < 4.78 is 0. The van der Waals surface area contributed by atoms with E-state index < -0.39 is 0 Å². The van der Waals surface area contributed by atoms with Gasteiger partial charge in [-0.3, -0.25) is 0 Å². The van der Waals surface area contributed by atoms with Crippen LogP contribution < -0.4 is 15.3 Å². The summed E-state index contributed by atoms with van der Waals surface area (Å²) in [5, 5.41) is 4.80. The molecule has 4 rings (SSSR count). The van der Waals surface area contributed by atoms with Gasteiger partial charge in [0, 0.05) is 18.3 Å². The van der Waals surface area contributed by atoms with E-state index in [0.29, 0.717) is 0 Å². The van der Waals surface area contributed by atoms with Crippen LogP contribution in [0.15, 0.2) is 48.5 Å². The van der Waals surface area contributed by atoms with Gasteiger partial charge in [-0.2, -0.15) is 0 Å². The normalized spacial score (nSPS) is 13.6. The number of fused-ring (bicyclic) bond motifs is 2. The van der Waals surface area contributed by atoms with Gasteiger partial charge in [0.25, 0.3) is 0 Å². The molecule has 0 unspecified atom stereocenters. The quantitative estimate of drug-likeness (QED) is 0.660. The minimum Gasteiger partial charge on any atom is -0.361 e. The number of benzene rings is 3. The first-order chi connectivity index (χ1) is 10.7. The Morgan fingerprint density at radius 2 is 1.27 bits per heavy atom. The number of halogens is 1. The van der Waals surface area contributed by atoms with Gasteiger partial charge in [-0.15, -0.1) is 0 Å². The molecule has 0 aromatic heterocycles. The van der Waals surface area contributed by atoms with Crippen LogP contribution in [0.2, 0.25) is 5.02 Å². The Kier molecular flexibility index (Phi) is 2.98. The van der Waals surface area contributed by atoms with E-state index >= 15 is 0 Å². The van der Waals surface area contributed by atoms with Gasteiger partial charge in [0.2, 0.25) is 0 Å². The molecule has 0 bridgehead atoms. The molecule has 0 fully saturated rings. The van der Waals surface area contributed by atoms with Crippen LogP contribution in [0.3, 0.4) is 0 Å². The van der Waals surface area contributed by atoms with E-state index in [9.17, 15) is 0 Å². The maximum Gasteiger partial charge on any atom is 0.0718 e. The zero-order valence-electron chi connectivity index (χ0n) is 12.3. The Hall–Kier alpha value is -2.25. The smallest absolute Gasteiger partial charge is 0.0718 e. The number of hydrogen-bond donors (Lipinski definition) is 0. The topological polar surface area (TPSA) is 3.24 Å². The van der Waals surface area contributed by atoms with Crippen LogP contribution in [0.4, 0.5) is 5.69 Å². The molecule has 0 aliphatic carbocycles. The van der Waals surface area contributed by atoms with Crippen LogP contribution in [-0.2, 0) is 13.1 Å². The molecule has 0 spiro atoms. The first-order valence-corrected chi connectivity index (χ1v) is 7.74. The first kappa shape index (κ1) is 13.4. The first-order valence-electron chi connectivity index (χ1n) is 7.36. The summed E-state index contributed by atoms with van der Waals surface area (Å²) in [4.78, 5) is 2.30. The van der Waals surface area contributed by atoms with Crippen molar-refractivity contribution in [1.29, 1.82) is 0 Å². The van der Waals surface area contributed by atoms with Gasteiger partial charge in [-0.25, -0.2) is 0 Å². The van der Waals surface area contributed by atoms with Crippen molar-refractivity contribution in [2.24, 2.45) is 0 Å². The predicted octanol–water partition coefficient (Wildman–Crippen LogP) is 3.83. The lowest BCUT2D eigenvalue weighted by molar-refractivity contribution is 0.878. The number of anilines is 1. The molecule has 3 aromatic rings. The van der Waals surface area contributed by atoms with Gasteiger partial charge >= 0.3 is 0 Å². The Morgan fingerprint density at radius 3 is 1.86 bits per heavy atom. The molecule has 0 radical (unpaired) electrons. The van der Waals surface area contributed by atoms with Crippen molar-refractivity contribution < 1.29 is 0 Å². The molecule has 1 aliphatic rings. The highest BCUT2D eigenvalue weighted by molar-refractivity contribution is 6.34. The number of rotatable bonds is 1. The molecular formula is C20H16ClN. The highest BCUT2D eigenvalue weighted by Gasteiger charge is 2.22. The zero-order chi connectivity index (χ0) is 15.3. The molecule has 108 valence electrons. The van der Waals surface area contributed by atoms with Crippen molar-refractivity contribution >= 4 is 41.2 Å². The summed E-state index contributed by atoms with van der Waals surface area (Å²) in [6, 6.07) is 16.7. The van der Waals surface area contributed by atoms with Crippen molar-refractivity contribution in [2.75, 3.05) is 4.90 Å². The average Bonchev–Trinajstić information content (AvgIpc) is 2.96. The van der Waals surface area contributed by atoms with Crippen molar-refractivity contribution in [3.8, 4) is 0 Å². The molecular weight excluding hydrogens is 290 g/mol. The van der Waals surface area contributed by atoms with Crippen LogP contribution in [-0.4, -0.2) is 0 Å². The zero-order valence-corrected chi connectivity index (χ0v) is 13.0. The van der Waals surface area contributed by atoms with E-state index in [-0.39, 0.29) is 0 Å². The monoisotopic (exact) mass is 305 g/mol. The van der Waals surface area contributed by atoms with Crippen LogP contribution in [0.25, 0.3) is 23.9 Å². The fourth-order valence-corrected chi connectivity index (χ4v) is 3.69. The Morgan fingerprint density at radius 1 is 0.773 bits per heavy atom. The standard InChI is InChI=1S/C20H16ClN/c1-13-17-9-5-6-10-18(17)14(2)20(19(13)21)22-11-15-7-3-4-8-16(15)12-22/h3-10H,1-2,11-12H2. The summed E-state index contributed by atoms with van der Waals surface area (Å²) in [6.45, 7) is 10.2. The maximum atomic E-state index is 6.66. The minimum absolute atomic E-state index is 0.719. The minimum atomic E-state index is 0.719. The molecule has 0 saturated heterocycles. The van der Waals surface area contributed by atoms with E-state index in [0.717, 1.165) is 45.0 Å². The van der Waals surface area contributed by atoms with Crippen molar-refractivity contribution in [3.05, 3.63) is 75.1 Å². The number of nitrogens with zero attached hydrogens (tertiary/aromatic N) is 1. The molecule has 0 saturated carbocycles. The third-order valence-electron chi connectivity index (χ3n) is 4.49. The molecule has 3 aromatic carbocycles. The molecule has 0 N–H and O–H groups in total. The Bertz CT molecular complexity index is 965. The fourth-order valence-electron chi connectivity index (χ4n) is 3.35. The van der Waals surface area contributed by atoms with Crippen LogP contribution >= 0.6 is 11.6 Å². The van der Waals surface area contributed by atoms with Crippen LogP contribution in [0, 0.1) is 0 Å². The lowest BCUT2D eigenvalue weighted by Gasteiger charge is -2.21. The lowest BCUT2D eigenvalue weighted by Crippen LogP contribution is -2.26. The highest BCUT2D eigenvalue weighted by atomic mass is 35.5. The number of hydrogen-bond acceptors (Lipinski definition) is 1. The molecule has 1 heterocycles. The predicted molar refractivity (Wildman–Crippen MR) is 95.6 cm³/mol. The molecule has 0 amide bonds. The second-order valence-electron chi connectivity index (χ2n) is 5.79. The fraction of sp³-hybridized carbons (Fsp3) is 0.100. The van der Waals surface area contributed by atoms with E-state index in [2.05, 4.69) is 54.5 Å². The van der Waals surface area contributed by atoms with Crippen LogP contribution in [0.1, 0.15) is 11.1 Å². The SMILES string of the molecule is C=c1c(Cl)c(N2Cc3ccccc3C2)c(=C)c2ccccc12. The van der Waals surface area contributed by atoms with Crippen molar-refractivity contribution in [2.45, 2.75) is 13.1 Å². The molecule has 22 heavy (non-hydrogen) atoms. The third kappa shape index (κ3) is 1.86. The average molecular weight is 306 g/mol. The van der Waals surface area contributed by atoms with Gasteiger partial charge in [0.1, 0.15) is 0 Å². The van der Waals surface area contributed by atoms with Gasteiger partial charge < -0.3 is 4.90 Å². The summed E-state index contributed by atoms with van der Waals surface area (Å²) in [7, 11) is 0. The molecule has 1 aliphatic heterocycles. The van der Waals surface area contributed by atoms with Crippen molar-refractivity contribution in [3.63, 3.8) is 0 Å². The van der Waals surface area contributed by atoms with E-state index in [1.54, 1.807) is 0 Å². The maximum absolute atomic E-state index is 6.66. The third-order valence-corrected chi connectivity index (χ3v) is 4.90. The highest BCUT2D eigenvalue weighted by Crippen LogP contribution is 2.30. The van der Waals surface area contributed by atoms with Crippen molar-refractivity contribution in [1.82, 2.24) is 0 Å². The van der Waals surface area contributed by atoms with E-state index in [4.69, 9.17) is 11.6 Å². The summed E-state index contributed by atoms with van der Waals surface area (Å²) >= 11 is 6.66. The Balaban J connectivity index is 1.94. The molecule has 1 nitrogen and oxygen atoms in total. The second kappa shape index (κ2) is 4.89. The second-order valence-corrected chi connectivity index (χ2v) is 6.17. The summed E-state index contributed by atoms with van der Waals surface area (Å²) in [5.74, 6) is 0. The molecule has 2 heteroatoms. The van der Waals surface area contributed by atoms with Gasteiger partial charge in [0.15, 0.2) is 0 Å². The van der Waals surface area contributed by atoms with E-state index in [1.807, 2.05) is 12.1 Å². The van der Waals surface area contributed by atoms with E-state index in [1.165, 1.54) is 11.1 Å². The summed E-state index contributed by atoms with van der Waals surface area (Å²) in [5.41, 5.74) is 3.73. The van der Waals surface area contributed by atoms with Crippen LogP contribution in [0.5, 0.6) is 0 Å². The van der Waals surface area contributed by atoms with Gasteiger partial charge in [-0.05, 0) is 27.1 Å². The van der Waals surface area contributed by atoms with Gasteiger partial charge in [-0.1, -0.05) is 73.3 Å². The summed E-state index contributed by atoms with van der Waals surface area (Å²) in [6.07, 6.45) is 0. The van der Waals surface area contributed by atoms with Gasteiger partial charge in [0.05, 0.1) is 10.7 Å². The Labute approximate surface area is 134 Å². The lowest BCUT2D eigenvalue weighted by atomic mass is 10.0. The molecule has 0 atom stereocenters.